The minimum absolute atomic E-state index is 0.174. The van der Waals surface area contributed by atoms with Gasteiger partial charge in [-0.3, -0.25) is 9.78 Å². The van der Waals surface area contributed by atoms with Gasteiger partial charge in [0.05, 0.1) is 11.0 Å². The Kier molecular flexibility index (Phi) is 3.98. The summed E-state index contributed by atoms with van der Waals surface area (Å²) in [5.41, 5.74) is 3.10. The Labute approximate surface area is 104 Å². The molecule has 17 heavy (non-hydrogen) atoms. The van der Waals surface area contributed by atoms with Gasteiger partial charge in [-0.25, -0.2) is 0 Å². The molecule has 0 fully saturated rings. The third kappa shape index (κ3) is 3.46. The van der Waals surface area contributed by atoms with E-state index in [1.807, 2.05) is 24.5 Å². The molecule has 2 aromatic heterocycles. The Morgan fingerprint density at radius 2 is 2.47 bits per heavy atom. The number of nitrogens with one attached hydrogen (secondary N) is 1. The molecule has 2 rings (SSSR count). The molecule has 0 radical (unpaired) electrons. The molecule has 2 aromatic rings. The number of nitrogens with zero attached hydrogens (tertiary/aromatic N) is 1. The second kappa shape index (κ2) is 5.68. The number of hydrogen-bond acceptors (Lipinski definition) is 3. The molecule has 0 saturated heterocycles. The molecule has 1 N–H and O–H groups in total. The zero-order chi connectivity index (χ0) is 12.1. The van der Waals surface area contributed by atoms with Gasteiger partial charge in [0.1, 0.15) is 0 Å². The van der Waals surface area contributed by atoms with E-state index < -0.39 is 0 Å². The highest BCUT2D eigenvalue weighted by Crippen LogP contribution is 2.12. The predicted octanol–water partition coefficient (Wildman–Crippen LogP) is 3.25. The standard InChI is InChI=1S/C13H14N2OS/c1-10(16)17-7-3-2-4-11-8-13-12(15-9-11)5-6-14-13/h2,4-6,8-9,14H,3,7H2,1H3. The average Bonchev–Trinajstić information content (AvgIpc) is 2.75. The molecule has 0 aliphatic heterocycles. The van der Waals surface area contributed by atoms with Crippen LogP contribution in [0.15, 0.2) is 30.6 Å². The number of carbonyl (C=O) groups excluding carboxylic acids is 1. The Morgan fingerprint density at radius 3 is 3.29 bits per heavy atom. The first-order chi connectivity index (χ1) is 8.25. The third-order valence-corrected chi connectivity index (χ3v) is 3.17. The largest absolute Gasteiger partial charge is 0.360 e. The summed E-state index contributed by atoms with van der Waals surface area (Å²) < 4.78 is 0. The minimum atomic E-state index is 0.174. The number of allylic oxidation sites excluding steroid dienone is 1. The van der Waals surface area contributed by atoms with Crippen LogP contribution in [0.4, 0.5) is 0 Å². The molecule has 0 atom stereocenters. The van der Waals surface area contributed by atoms with Gasteiger partial charge in [-0.05, 0) is 24.1 Å². The van der Waals surface area contributed by atoms with Crippen molar-refractivity contribution in [2.24, 2.45) is 0 Å². The molecular formula is C13H14N2OS. The van der Waals surface area contributed by atoms with Crippen molar-refractivity contribution in [1.29, 1.82) is 0 Å². The van der Waals surface area contributed by atoms with Crippen molar-refractivity contribution in [2.75, 3.05) is 5.75 Å². The molecule has 0 unspecified atom stereocenters. The summed E-state index contributed by atoms with van der Waals surface area (Å²) in [6.07, 6.45) is 8.74. The predicted molar refractivity (Wildman–Crippen MR) is 72.9 cm³/mol. The lowest BCUT2D eigenvalue weighted by Crippen LogP contribution is -1.83. The zero-order valence-corrected chi connectivity index (χ0v) is 10.5. The van der Waals surface area contributed by atoms with E-state index in [9.17, 15) is 4.79 Å². The topological polar surface area (TPSA) is 45.8 Å². The molecule has 0 aliphatic rings. The first-order valence-electron chi connectivity index (χ1n) is 5.49. The number of aromatic amines is 1. The molecular weight excluding hydrogens is 232 g/mol. The summed E-state index contributed by atoms with van der Waals surface area (Å²) in [7, 11) is 0. The summed E-state index contributed by atoms with van der Waals surface area (Å²) in [5.74, 6) is 0.837. The Bertz CT molecular complexity index is 545. The Balaban J connectivity index is 1.93. The number of pyridine rings is 1. The number of fused-ring (bicyclic) bond motifs is 1. The SMILES string of the molecule is CC(=O)SCCC=Cc1cnc2cc[nH]c2c1. The summed E-state index contributed by atoms with van der Waals surface area (Å²) in [5, 5.41) is 0.174. The summed E-state index contributed by atoms with van der Waals surface area (Å²) >= 11 is 1.36. The van der Waals surface area contributed by atoms with Gasteiger partial charge in [-0.2, -0.15) is 0 Å². The fraction of sp³-hybridized carbons (Fsp3) is 0.231. The lowest BCUT2D eigenvalue weighted by atomic mass is 10.2. The lowest BCUT2D eigenvalue weighted by molar-refractivity contribution is -0.109. The first-order valence-corrected chi connectivity index (χ1v) is 6.47. The molecule has 4 heteroatoms. The molecule has 0 amide bonds. The van der Waals surface area contributed by atoms with Crippen LogP contribution in [0.3, 0.4) is 0 Å². The average molecular weight is 246 g/mol. The van der Waals surface area contributed by atoms with E-state index in [0.29, 0.717) is 0 Å². The van der Waals surface area contributed by atoms with Crippen LogP contribution < -0.4 is 0 Å². The van der Waals surface area contributed by atoms with Gasteiger partial charge in [-0.15, -0.1) is 0 Å². The fourth-order valence-corrected chi connectivity index (χ4v) is 2.07. The number of carbonyl (C=O) groups is 1. The highest BCUT2D eigenvalue weighted by Gasteiger charge is 1.95. The number of thioether (sulfide) groups is 1. The normalized spacial score (nSPS) is 11.4. The van der Waals surface area contributed by atoms with E-state index in [0.717, 1.165) is 28.8 Å². The first kappa shape index (κ1) is 11.9. The van der Waals surface area contributed by atoms with Crippen molar-refractivity contribution in [2.45, 2.75) is 13.3 Å². The molecule has 0 spiro atoms. The fourth-order valence-electron chi connectivity index (χ4n) is 1.53. The third-order valence-electron chi connectivity index (χ3n) is 2.32. The summed E-state index contributed by atoms with van der Waals surface area (Å²) in [6, 6.07) is 4.02. The van der Waals surface area contributed by atoms with Gasteiger partial charge in [0, 0.05) is 25.1 Å². The smallest absolute Gasteiger partial charge is 0.185 e. The summed E-state index contributed by atoms with van der Waals surface area (Å²) in [6.45, 7) is 1.59. The molecule has 0 aromatic carbocycles. The molecule has 0 bridgehead atoms. The van der Waals surface area contributed by atoms with E-state index in [1.165, 1.54) is 11.8 Å². The van der Waals surface area contributed by atoms with Crippen molar-refractivity contribution in [3.05, 3.63) is 36.2 Å². The number of rotatable bonds is 4. The maximum Gasteiger partial charge on any atom is 0.185 e. The molecule has 0 aliphatic carbocycles. The van der Waals surface area contributed by atoms with Gasteiger partial charge < -0.3 is 4.98 Å². The molecule has 2 heterocycles. The van der Waals surface area contributed by atoms with Crippen molar-refractivity contribution in [1.82, 2.24) is 9.97 Å². The van der Waals surface area contributed by atoms with Gasteiger partial charge >= 0.3 is 0 Å². The van der Waals surface area contributed by atoms with E-state index in [-0.39, 0.29) is 5.12 Å². The number of H-pyrrole nitrogens is 1. The van der Waals surface area contributed by atoms with Crippen molar-refractivity contribution < 1.29 is 4.79 Å². The van der Waals surface area contributed by atoms with Gasteiger partial charge in [0.15, 0.2) is 5.12 Å². The number of hydrogen-bond donors (Lipinski definition) is 1. The highest BCUT2D eigenvalue weighted by molar-refractivity contribution is 8.13. The van der Waals surface area contributed by atoms with Crippen LogP contribution in [-0.2, 0) is 4.79 Å². The van der Waals surface area contributed by atoms with E-state index in [2.05, 4.69) is 22.1 Å². The maximum atomic E-state index is 10.7. The van der Waals surface area contributed by atoms with Crippen molar-refractivity contribution >= 4 is 34.0 Å². The second-order valence-corrected chi connectivity index (χ2v) is 4.98. The molecule has 0 saturated carbocycles. The summed E-state index contributed by atoms with van der Waals surface area (Å²) in [4.78, 5) is 18.2. The Morgan fingerprint density at radius 1 is 1.59 bits per heavy atom. The minimum Gasteiger partial charge on any atom is -0.360 e. The Hall–Kier alpha value is -1.55. The maximum absolute atomic E-state index is 10.7. The van der Waals surface area contributed by atoms with Gasteiger partial charge in [-0.1, -0.05) is 23.9 Å². The van der Waals surface area contributed by atoms with Crippen LogP contribution in [-0.4, -0.2) is 20.8 Å². The molecule has 88 valence electrons. The quantitative estimate of drug-likeness (QED) is 0.842. The van der Waals surface area contributed by atoms with Crippen LogP contribution in [0.25, 0.3) is 17.1 Å². The second-order valence-electron chi connectivity index (χ2n) is 3.71. The van der Waals surface area contributed by atoms with Crippen LogP contribution in [0, 0.1) is 0 Å². The van der Waals surface area contributed by atoms with Crippen LogP contribution in [0.5, 0.6) is 0 Å². The monoisotopic (exact) mass is 246 g/mol. The van der Waals surface area contributed by atoms with Gasteiger partial charge in [0.2, 0.25) is 0 Å². The van der Waals surface area contributed by atoms with Crippen LogP contribution in [0.2, 0.25) is 0 Å². The zero-order valence-electron chi connectivity index (χ0n) is 9.64. The lowest BCUT2D eigenvalue weighted by Gasteiger charge is -1.94. The van der Waals surface area contributed by atoms with Crippen LogP contribution in [0.1, 0.15) is 18.9 Å². The van der Waals surface area contributed by atoms with E-state index in [1.54, 1.807) is 6.92 Å². The van der Waals surface area contributed by atoms with Gasteiger partial charge in [0.25, 0.3) is 0 Å². The number of aromatic nitrogens is 2. The van der Waals surface area contributed by atoms with Crippen LogP contribution >= 0.6 is 11.8 Å². The van der Waals surface area contributed by atoms with Crippen molar-refractivity contribution in [3.8, 4) is 0 Å². The molecule has 3 nitrogen and oxygen atoms in total. The van der Waals surface area contributed by atoms with E-state index >= 15 is 0 Å². The highest BCUT2D eigenvalue weighted by atomic mass is 32.2. The van der Waals surface area contributed by atoms with Crippen molar-refractivity contribution in [3.63, 3.8) is 0 Å². The van der Waals surface area contributed by atoms with E-state index in [4.69, 9.17) is 0 Å².